The number of rotatable bonds is 13. The van der Waals surface area contributed by atoms with Crippen LogP contribution in [0.25, 0.3) is 0 Å². The fraction of sp³-hybridized carbons (Fsp3) is 0.600. The van der Waals surface area contributed by atoms with Crippen LogP contribution in [0.15, 0.2) is 18.2 Å². The summed E-state index contributed by atoms with van der Waals surface area (Å²) < 4.78 is 10.3. The maximum atomic E-state index is 11.7. The highest BCUT2D eigenvalue weighted by molar-refractivity contribution is 6.35. The van der Waals surface area contributed by atoms with Crippen molar-refractivity contribution in [3.63, 3.8) is 0 Å². The van der Waals surface area contributed by atoms with Crippen LogP contribution in [0.2, 0.25) is 10.0 Å². The molecule has 26 heavy (non-hydrogen) atoms. The Balaban J connectivity index is 2.05. The predicted octanol–water partition coefficient (Wildman–Crippen LogP) is 6.11. The number of carbonyl (C=O) groups is 2. The Morgan fingerprint density at radius 3 is 2.23 bits per heavy atom. The molecule has 4 nitrogen and oxygen atoms in total. The van der Waals surface area contributed by atoms with E-state index in [9.17, 15) is 9.59 Å². The number of esters is 2. The van der Waals surface area contributed by atoms with Crippen molar-refractivity contribution in [1.29, 1.82) is 0 Å². The van der Waals surface area contributed by atoms with Crippen molar-refractivity contribution < 1.29 is 19.1 Å². The maximum Gasteiger partial charge on any atom is 0.306 e. The zero-order chi connectivity index (χ0) is 19.2. The van der Waals surface area contributed by atoms with Crippen molar-refractivity contribution in [1.82, 2.24) is 0 Å². The molecule has 0 spiro atoms. The summed E-state index contributed by atoms with van der Waals surface area (Å²) in [6, 6.07) is 5.01. The fourth-order valence-electron chi connectivity index (χ4n) is 2.39. The van der Waals surface area contributed by atoms with Gasteiger partial charge >= 0.3 is 11.9 Å². The van der Waals surface area contributed by atoms with E-state index < -0.39 is 0 Å². The highest BCUT2D eigenvalue weighted by atomic mass is 35.5. The molecule has 0 heterocycles. The summed E-state index contributed by atoms with van der Waals surface area (Å²) in [5, 5.41) is 0.994. The third-order valence-electron chi connectivity index (χ3n) is 3.93. The largest absolute Gasteiger partial charge is 0.466 e. The van der Waals surface area contributed by atoms with Crippen LogP contribution in [0.3, 0.4) is 0 Å². The molecular formula is C20H28Cl2O4. The van der Waals surface area contributed by atoms with E-state index >= 15 is 0 Å². The first kappa shape index (κ1) is 22.8. The molecule has 1 rings (SSSR count). The Morgan fingerprint density at radius 2 is 1.54 bits per heavy atom. The number of unbranched alkanes of at least 4 members (excludes halogenated alkanes) is 5. The third kappa shape index (κ3) is 10.7. The standard InChI is InChI=1S/C20H28Cl2O4/c1-2-3-4-5-6-7-13-25-19(23)9-8-10-20(24)26-15-16-11-12-17(21)14-18(16)22/h11-12,14H,2-10,13,15H2,1H3. The Bertz CT molecular complexity index is 561. The van der Waals surface area contributed by atoms with E-state index in [4.69, 9.17) is 32.7 Å². The molecule has 0 aliphatic heterocycles. The monoisotopic (exact) mass is 402 g/mol. The quantitative estimate of drug-likeness (QED) is 0.295. The highest BCUT2D eigenvalue weighted by Gasteiger charge is 2.09. The number of halogens is 2. The summed E-state index contributed by atoms with van der Waals surface area (Å²) >= 11 is 11.8. The molecule has 0 saturated heterocycles. The number of carbonyl (C=O) groups excluding carboxylic acids is 2. The second-order valence-corrected chi connectivity index (χ2v) is 7.08. The molecule has 1 aromatic rings. The zero-order valence-corrected chi connectivity index (χ0v) is 16.9. The first-order valence-corrected chi connectivity index (χ1v) is 10.0. The summed E-state index contributed by atoms with van der Waals surface area (Å²) in [4.78, 5) is 23.3. The molecule has 0 radical (unpaired) electrons. The van der Waals surface area contributed by atoms with Crippen LogP contribution in [0, 0.1) is 0 Å². The SMILES string of the molecule is CCCCCCCCOC(=O)CCCC(=O)OCc1ccc(Cl)cc1Cl. The topological polar surface area (TPSA) is 52.6 Å². The molecule has 0 fully saturated rings. The lowest BCUT2D eigenvalue weighted by molar-refractivity contribution is -0.146. The lowest BCUT2D eigenvalue weighted by atomic mass is 10.1. The van der Waals surface area contributed by atoms with Gasteiger partial charge in [-0.3, -0.25) is 9.59 Å². The van der Waals surface area contributed by atoms with Gasteiger partial charge in [0.25, 0.3) is 0 Å². The lowest BCUT2D eigenvalue weighted by Crippen LogP contribution is -2.09. The molecule has 6 heteroatoms. The second-order valence-electron chi connectivity index (χ2n) is 6.24. The summed E-state index contributed by atoms with van der Waals surface area (Å²) in [5.41, 5.74) is 0.697. The van der Waals surface area contributed by atoms with E-state index in [1.54, 1.807) is 18.2 Å². The average molecular weight is 403 g/mol. The van der Waals surface area contributed by atoms with Crippen LogP contribution >= 0.6 is 23.2 Å². The molecule has 1 aromatic carbocycles. The highest BCUT2D eigenvalue weighted by Crippen LogP contribution is 2.21. The summed E-state index contributed by atoms with van der Waals surface area (Å²) in [6.07, 6.45) is 7.74. The van der Waals surface area contributed by atoms with Gasteiger partial charge in [-0.1, -0.05) is 68.3 Å². The minimum atomic E-state index is -0.361. The van der Waals surface area contributed by atoms with Gasteiger partial charge < -0.3 is 9.47 Å². The van der Waals surface area contributed by atoms with Crippen molar-refractivity contribution in [2.24, 2.45) is 0 Å². The number of benzene rings is 1. The molecule has 146 valence electrons. The van der Waals surface area contributed by atoms with Crippen LogP contribution in [0.4, 0.5) is 0 Å². The molecule has 0 bridgehead atoms. The first-order chi connectivity index (χ1) is 12.5. The van der Waals surface area contributed by atoms with Crippen molar-refractivity contribution in [3.8, 4) is 0 Å². The van der Waals surface area contributed by atoms with Gasteiger partial charge in [0, 0.05) is 28.5 Å². The van der Waals surface area contributed by atoms with Gasteiger partial charge in [0.15, 0.2) is 0 Å². The first-order valence-electron chi connectivity index (χ1n) is 9.28. The molecule has 0 amide bonds. The van der Waals surface area contributed by atoms with Crippen LogP contribution < -0.4 is 0 Å². The molecule has 0 unspecified atom stereocenters. The average Bonchev–Trinajstić information content (AvgIpc) is 2.60. The number of hydrogen-bond acceptors (Lipinski definition) is 4. The Labute approximate surface area is 166 Å². The van der Waals surface area contributed by atoms with Crippen LogP contribution in [-0.2, 0) is 25.7 Å². The van der Waals surface area contributed by atoms with E-state index in [0.29, 0.717) is 28.6 Å². The molecular weight excluding hydrogens is 375 g/mol. The predicted molar refractivity (Wildman–Crippen MR) is 104 cm³/mol. The zero-order valence-electron chi connectivity index (χ0n) is 15.4. The number of ether oxygens (including phenoxy) is 2. The molecule has 0 aliphatic rings. The summed E-state index contributed by atoms with van der Waals surface area (Å²) in [5.74, 6) is -0.619. The van der Waals surface area contributed by atoms with Gasteiger partial charge in [-0.25, -0.2) is 0 Å². The fourth-order valence-corrected chi connectivity index (χ4v) is 2.85. The van der Waals surface area contributed by atoms with E-state index in [-0.39, 0.29) is 31.4 Å². The molecule has 0 saturated carbocycles. The third-order valence-corrected chi connectivity index (χ3v) is 4.51. The van der Waals surface area contributed by atoms with Gasteiger partial charge in [0.2, 0.25) is 0 Å². The summed E-state index contributed by atoms with van der Waals surface area (Å²) in [7, 11) is 0. The van der Waals surface area contributed by atoms with E-state index in [2.05, 4.69) is 6.92 Å². The van der Waals surface area contributed by atoms with Gasteiger partial charge in [0.1, 0.15) is 6.61 Å². The van der Waals surface area contributed by atoms with Crippen molar-refractivity contribution in [2.75, 3.05) is 6.61 Å². The Hall–Kier alpha value is -1.26. The molecule has 0 atom stereocenters. The van der Waals surface area contributed by atoms with Crippen molar-refractivity contribution >= 4 is 35.1 Å². The van der Waals surface area contributed by atoms with E-state index in [1.807, 2.05) is 0 Å². The molecule has 0 aromatic heterocycles. The van der Waals surface area contributed by atoms with Gasteiger partial charge in [-0.05, 0) is 25.0 Å². The summed E-state index contributed by atoms with van der Waals surface area (Å²) in [6.45, 7) is 2.74. The number of hydrogen-bond donors (Lipinski definition) is 0. The van der Waals surface area contributed by atoms with Crippen molar-refractivity contribution in [2.45, 2.75) is 71.3 Å². The smallest absolute Gasteiger partial charge is 0.306 e. The Kier molecular flexibility index (Phi) is 12.2. The Morgan fingerprint density at radius 1 is 0.885 bits per heavy atom. The van der Waals surface area contributed by atoms with Gasteiger partial charge in [0.05, 0.1) is 6.61 Å². The molecule has 0 aliphatic carbocycles. The van der Waals surface area contributed by atoms with Gasteiger partial charge in [-0.2, -0.15) is 0 Å². The normalized spacial score (nSPS) is 10.6. The lowest BCUT2D eigenvalue weighted by Gasteiger charge is -2.07. The van der Waals surface area contributed by atoms with Crippen LogP contribution in [0.5, 0.6) is 0 Å². The maximum absolute atomic E-state index is 11.7. The minimum absolute atomic E-state index is 0.0946. The minimum Gasteiger partial charge on any atom is -0.466 e. The van der Waals surface area contributed by atoms with Gasteiger partial charge in [-0.15, -0.1) is 0 Å². The second kappa shape index (κ2) is 13.9. The van der Waals surface area contributed by atoms with E-state index in [1.165, 1.54) is 25.7 Å². The molecule has 0 N–H and O–H groups in total. The van der Waals surface area contributed by atoms with Crippen LogP contribution in [0.1, 0.15) is 70.3 Å². The van der Waals surface area contributed by atoms with Crippen molar-refractivity contribution in [3.05, 3.63) is 33.8 Å². The van der Waals surface area contributed by atoms with E-state index in [0.717, 1.165) is 12.8 Å². The van der Waals surface area contributed by atoms with Crippen LogP contribution in [-0.4, -0.2) is 18.5 Å².